The summed E-state index contributed by atoms with van der Waals surface area (Å²) in [6.45, 7) is 3.58. The second-order valence-corrected chi connectivity index (χ2v) is 8.76. The van der Waals surface area contributed by atoms with Crippen LogP contribution in [0.2, 0.25) is 0 Å². The van der Waals surface area contributed by atoms with Gasteiger partial charge in [0.15, 0.2) is 9.84 Å². The van der Waals surface area contributed by atoms with Crippen LogP contribution in [0, 0.1) is 6.92 Å². The van der Waals surface area contributed by atoms with Crippen molar-refractivity contribution in [3.8, 4) is 0 Å². The average molecular weight is 337 g/mol. The molecule has 23 heavy (non-hydrogen) atoms. The Labute approximate surface area is 137 Å². The van der Waals surface area contributed by atoms with Crippen molar-refractivity contribution in [3.63, 3.8) is 0 Å². The van der Waals surface area contributed by atoms with Crippen molar-refractivity contribution in [3.05, 3.63) is 29.6 Å². The third kappa shape index (κ3) is 4.09. The molecule has 1 N–H and O–H groups in total. The number of aromatic nitrogens is 1. The van der Waals surface area contributed by atoms with Gasteiger partial charge in [0.05, 0.1) is 17.1 Å². The maximum atomic E-state index is 12.2. The van der Waals surface area contributed by atoms with Crippen molar-refractivity contribution >= 4 is 15.7 Å². The first-order valence-electron chi connectivity index (χ1n) is 8.11. The van der Waals surface area contributed by atoms with Gasteiger partial charge in [0.1, 0.15) is 0 Å². The Morgan fingerprint density at radius 1 is 1.26 bits per heavy atom. The van der Waals surface area contributed by atoms with E-state index in [1.807, 2.05) is 13.0 Å². The number of pyridine rings is 1. The number of amides is 1. The standard InChI is InChI=1S/C16H23N3O3S/c1-12-2-3-13(10-17-12)16(20)18-14-4-7-19(8-5-14)15-6-9-23(21,22)11-15/h2-3,10,14-15H,4-9,11H2,1H3,(H,18,20)/t15-/m0/s1. The first-order valence-corrected chi connectivity index (χ1v) is 9.93. The van der Waals surface area contributed by atoms with Gasteiger partial charge in [0.2, 0.25) is 0 Å². The van der Waals surface area contributed by atoms with E-state index in [0.717, 1.165) is 38.0 Å². The minimum absolute atomic E-state index is 0.0839. The number of rotatable bonds is 3. The lowest BCUT2D eigenvalue weighted by atomic mass is 10.0. The quantitative estimate of drug-likeness (QED) is 0.881. The lowest BCUT2D eigenvalue weighted by Gasteiger charge is -2.35. The third-order valence-electron chi connectivity index (χ3n) is 4.76. The van der Waals surface area contributed by atoms with Gasteiger partial charge in [-0.2, -0.15) is 0 Å². The van der Waals surface area contributed by atoms with Crippen LogP contribution in [-0.2, 0) is 9.84 Å². The van der Waals surface area contributed by atoms with Crippen LogP contribution in [0.1, 0.15) is 35.3 Å². The summed E-state index contributed by atoms with van der Waals surface area (Å²) in [7, 11) is -2.84. The number of carbonyl (C=O) groups excluding carboxylic acids is 1. The lowest BCUT2D eigenvalue weighted by molar-refractivity contribution is 0.0897. The molecule has 2 saturated heterocycles. The van der Waals surface area contributed by atoms with Gasteiger partial charge in [0, 0.05) is 37.1 Å². The van der Waals surface area contributed by atoms with Crippen LogP contribution >= 0.6 is 0 Å². The van der Waals surface area contributed by atoms with Crippen molar-refractivity contribution in [2.24, 2.45) is 0 Å². The predicted molar refractivity (Wildman–Crippen MR) is 88.1 cm³/mol. The number of hydrogen-bond donors (Lipinski definition) is 1. The molecule has 0 radical (unpaired) electrons. The molecule has 0 spiro atoms. The molecule has 1 aromatic heterocycles. The number of aryl methyl sites for hydroxylation is 1. The highest BCUT2D eigenvalue weighted by atomic mass is 32.2. The summed E-state index contributed by atoms with van der Waals surface area (Å²) in [6.07, 6.45) is 4.07. The zero-order valence-corrected chi connectivity index (χ0v) is 14.2. The largest absolute Gasteiger partial charge is 0.349 e. The molecule has 6 nitrogen and oxygen atoms in total. The summed E-state index contributed by atoms with van der Waals surface area (Å²) >= 11 is 0. The molecule has 0 bridgehead atoms. The van der Waals surface area contributed by atoms with Crippen molar-refractivity contribution in [1.29, 1.82) is 0 Å². The normalized spacial score (nSPS) is 25.3. The highest BCUT2D eigenvalue weighted by molar-refractivity contribution is 7.91. The van der Waals surface area contributed by atoms with Crippen LogP contribution < -0.4 is 5.32 Å². The van der Waals surface area contributed by atoms with Crippen molar-refractivity contribution in [1.82, 2.24) is 15.2 Å². The van der Waals surface area contributed by atoms with E-state index in [-0.39, 0.29) is 18.0 Å². The fourth-order valence-electron chi connectivity index (χ4n) is 3.34. The van der Waals surface area contributed by atoms with E-state index < -0.39 is 9.84 Å². The monoisotopic (exact) mass is 337 g/mol. The fourth-order valence-corrected chi connectivity index (χ4v) is 5.10. The summed E-state index contributed by atoms with van der Waals surface area (Å²) in [6, 6.07) is 3.94. The first kappa shape index (κ1) is 16.4. The molecule has 3 heterocycles. The summed E-state index contributed by atoms with van der Waals surface area (Å²) < 4.78 is 23.2. The van der Waals surface area contributed by atoms with Crippen molar-refractivity contribution in [2.75, 3.05) is 24.6 Å². The number of nitrogens with zero attached hydrogens (tertiary/aromatic N) is 2. The lowest BCUT2D eigenvalue weighted by Crippen LogP contribution is -2.48. The molecule has 7 heteroatoms. The van der Waals surface area contributed by atoms with E-state index in [1.165, 1.54) is 0 Å². The zero-order chi connectivity index (χ0) is 16.4. The van der Waals surface area contributed by atoms with Crippen LogP contribution in [0.3, 0.4) is 0 Å². The third-order valence-corrected chi connectivity index (χ3v) is 6.51. The predicted octanol–water partition coefficient (Wildman–Crippen LogP) is 0.771. The summed E-state index contributed by atoms with van der Waals surface area (Å²) in [5, 5.41) is 3.06. The summed E-state index contributed by atoms with van der Waals surface area (Å²) in [5.74, 6) is 0.521. The van der Waals surface area contributed by atoms with Crippen LogP contribution in [0.25, 0.3) is 0 Å². The van der Waals surface area contributed by atoms with E-state index in [1.54, 1.807) is 12.3 Å². The Kier molecular flexibility index (Phi) is 4.68. The Balaban J connectivity index is 1.49. The highest BCUT2D eigenvalue weighted by Gasteiger charge is 2.34. The molecule has 0 aromatic carbocycles. The van der Waals surface area contributed by atoms with Crippen molar-refractivity contribution < 1.29 is 13.2 Å². The van der Waals surface area contributed by atoms with Crippen LogP contribution in [-0.4, -0.2) is 60.9 Å². The van der Waals surface area contributed by atoms with E-state index in [4.69, 9.17) is 0 Å². The van der Waals surface area contributed by atoms with E-state index >= 15 is 0 Å². The van der Waals surface area contributed by atoms with Gasteiger partial charge in [0.25, 0.3) is 5.91 Å². The molecule has 2 aliphatic heterocycles. The fraction of sp³-hybridized carbons (Fsp3) is 0.625. The van der Waals surface area contributed by atoms with Gasteiger partial charge in [-0.15, -0.1) is 0 Å². The van der Waals surface area contributed by atoms with E-state index in [2.05, 4.69) is 15.2 Å². The molecule has 2 fully saturated rings. The van der Waals surface area contributed by atoms with Gasteiger partial charge >= 0.3 is 0 Å². The maximum absolute atomic E-state index is 12.2. The molecular formula is C16H23N3O3S. The van der Waals surface area contributed by atoms with Crippen LogP contribution in [0.4, 0.5) is 0 Å². The minimum atomic E-state index is -2.84. The molecule has 0 unspecified atom stereocenters. The van der Waals surface area contributed by atoms with Gasteiger partial charge in [-0.25, -0.2) is 8.42 Å². The number of sulfone groups is 1. The Morgan fingerprint density at radius 2 is 2.00 bits per heavy atom. The van der Waals surface area contributed by atoms with Crippen LogP contribution in [0.5, 0.6) is 0 Å². The first-order chi connectivity index (χ1) is 10.9. The Hall–Kier alpha value is -1.47. The molecule has 3 rings (SSSR count). The van der Waals surface area contributed by atoms with E-state index in [0.29, 0.717) is 17.1 Å². The second kappa shape index (κ2) is 6.57. The van der Waals surface area contributed by atoms with Crippen molar-refractivity contribution in [2.45, 2.75) is 38.3 Å². The van der Waals surface area contributed by atoms with E-state index in [9.17, 15) is 13.2 Å². The minimum Gasteiger partial charge on any atom is -0.349 e. The maximum Gasteiger partial charge on any atom is 0.253 e. The molecule has 0 saturated carbocycles. The summed E-state index contributed by atoms with van der Waals surface area (Å²) in [5.41, 5.74) is 1.47. The number of piperidine rings is 1. The SMILES string of the molecule is Cc1ccc(C(=O)NC2CCN([C@H]3CCS(=O)(=O)C3)CC2)cn1. The Bertz CT molecular complexity index is 664. The number of hydrogen-bond acceptors (Lipinski definition) is 5. The molecule has 1 aromatic rings. The molecule has 2 aliphatic rings. The summed E-state index contributed by atoms with van der Waals surface area (Å²) in [4.78, 5) is 18.6. The van der Waals surface area contributed by atoms with Gasteiger partial charge in [-0.1, -0.05) is 0 Å². The number of nitrogens with one attached hydrogen (secondary N) is 1. The van der Waals surface area contributed by atoms with Crippen LogP contribution in [0.15, 0.2) is 18.3 Å². The zero-order valence-electron chi connectivity index (χ0n) is 13.4. The molecule has 126 valence electrons. The van der Waals surface area contributed by atoms with Gasteiger partial charge in [-0.05, 0) is 38.3 Å². The number of carbonyl (C=O) groups is 1. The molecule has 1 amide bonds. The number of likely N-dealkylation sites (tertiary alicyclic amines) is 1. The second-order valence-electron chi connectivity index (χ2n) is 6.53. The smallest absolute Gasteiger partial charge is 0.253 e. The topological polar surface area (TPSA) is 79.4 Å². The highest BCUT2D eigenvalue weighted by Crippen LogP contribution is 2.22. The molecular weight excluding hydrogens is 314 g/mol. The average Bonchev–Trinajstić information content (AvgIpc) is 2.89. The molecule has 0 aliphatic carbocycles. The Morgan fingerprint density at radius 3 is 2.57 bits per heavy atom. The molecule has 1 atom stereocenters. The van der Waals surface area contributed by atoms with Gasteiger partial charge in [-0.3, -0.25) is 14.7 Å². The van der Waals surface area contributed by atoms with Gasteiger partial charge < -0.3 is 5.32 Å².